The van der Waals surface area contributed by atoms with Crippen molar-refractivity contribution in [2.45, 2.75) is 40.2 Å². The monoisotopic (exact) mass is 442 g/mol. The summed E-state index contributed by atoms with van der Waals surface area (Å²) in [6.45, 7) is 7.68. The molecular weight excluding hydrogens is 420 g/mol. The largest absolute Gasteiger partial charge is 0.457 e. The quantitative estimate of drug-likeness (QED) is 0.371. The second-order valence-corrected chi connectivity index (χ2v) is 7.77. The predicted molar refractivity (Wildman–Crippen MR) is 119 cm³/mol. The van der Waals surface area contributed by atoms with Crippen LogP contribution in [0.1, 0.15) is 36.1 Å². The summed E-state index contributed by atoms with van der Waals surface area (Å²) in [4.78, 5) is 23.7. The number of aromatic nitrogens is 2. The van der Waals surface area contributed by atoms with E-state index in [4.69, 9.17) is 16.3 Å². The average molecular weight is 443 g/mol. The first-order chi connectivity index (χ1) is 14.7. The van der Waals surface area contributed by atoms with Gasteiger partial charge in [0, 0.05) is 18.3 Å². The molecule has 1 atom stereocenters. The number of rotatable bonds is 7. The first-order valence-corrected chi connectivity index (χ1v) is 10.1. The van der Waals surface area contributed by atoms with E-state index in [1.54, 1.807) is 12.3 Å². The summed E-state index contributed by atoms with van der Waals surface area (Å²) in [5.41, 5.74) is 3.07. The number of benzene rings is 2. The SMILES string of the molecule is CC[C@H](C(=O)Nc1cc(Oc2cc(C)cc(C)c2C)cc([N+](=O)[O-])c1)n1cc(Cl)cn1. The van der Waals surface area contributed by atoms with Gasteiger partial charge in [-0.15, -0.1) is 0 Å². The third-order valence-corrected chi connectivity index (χ3v) is 5.14. The van der Waals surface area contributed by atoms with E-state index in [9.17, 15) is 14.9 Å². The number of nitrogens with one attached hydrogen (secondary N) is 1. The molecule has 3 aromatic rings. The van der Waals surface area contributed by atoms with Gasteiger partial charge in [-0.2, -0.15) is 5.10 Å². The lowest BCUT2D eigenvalue weighted by molar-refractivity contribution is -0.384. The molecule has 0 aliphatic rings. The van der Waals surface area contributed by atoms with Gasteiger partial charge < -0.3 is 10.1 Å². The van der Waals surface area contributed by atoms with Crippen molar-refractivity contribution in [3.05, 3.63) is 74.6 Å². The summed E-state index contributed by atoms with van der Waals surface area (Å²) in [6, 6.07) is 7.48. The Morgan fingerprint density at radius 2 is 2.00 bits per heavy atom. The molecule has 0 saturated carbocycles. The van der Waals surface area contributed by atoms with Gasteiger partial charge in [0.2, 0.25) is 5.91 Å². The number of amides is 1. The number of ether oxygens (including phenoxy) is 1. The fraction of sp³-hybridized carbons (Fsp3) is 0.273. The predicted octanol–water partition coefficient (Wildman–Crippen LogP) is 5.75. The Bertz CT molecular complexity index is 1140. The Balaban J connectivity index is 1.91. The van der Waals surface area contributed by atoms with Crippen LogP contribution in [0.25, 0.3) is 0 Å². The number of nitro benzene ring substituents is 1. The molecule has 0 saturated heterocycles. The number of nitrogens with zero attached hydrogens (tertiary/aromatic N) is 3. The molecule has 0 fully saturated rings. The van der Waals surface area contributed by atoms with E-state index in [2.05, 4.69) is 10.4 Å². The van der Waals surface area contributed by atoms with Crippen molar-refractivity contribution in [3.8, 4) is 11.5 Å². The minimum atomic E-state index is -0.613. The van der Waals surface area contributed by atoms with Crippen molar-refractivity contribution in [3.63, 3.8) is 0 Å². The zero-order chi connectivity index (χ0) is 22.7. The lowest BCUT2D eigenvalue weighted by Crippen LogP contribution is -2.26. The van der Waals surface area contributed by atoms with E-state index >= 15 is 0 Å². The molecule has 0 aliphatic heterocycles. The number of hydrogen-bond donors (Lipinski definition) is 1. The maximum atomic E-state index is 12.8. The highest BCUT2D eigenvalue weighted by molar-refractivity contribution is 6.30. The van der Waals surface area contributed by atoms with Gasteiger partial charge in [0.15, 0.2) is 0 Å². The molecule has 31 heavy (non-hydrogen) atoms. The number of aryl methyl sites for hydroxylation is 2. The number of carbonyl (C=O) groups is 1. The van der Waals surface area contributed by atoms with Gasteiger partial charge in [-0.1, -0.05) is 24.6 Å². The Kier molecular flexibility index (Phi) is 6.60. The minimum Gasteiger partial charge on any atom is -0.457 e. The van der Waals surface area contributed by atoms with Crippen LogP contribution in [-0.2, 0) is 4.79 Å². The highest BCUT2D eigenvalue weighted by Gasteiger charge is 2.21. The maximum absolute atomic E-state index is 12.8. The minimum absolute atomic E-state index is 0.190. The van der Waals surface area contributed by atoms with Crippen LogP contribution in [0.3, 0.4) is 0 Å². The topological polar surface area (TPSA) is 99.3 Å². The van der Waals surface area contributed by atoms with Gasteiger partial charge >= 0.3 is 0 Å². The second-order valence-electron chi connectivity index (χ2n) is 7.33. The summed E-state index contributed by atoms with van der Waals surface area (Å²) >= 11 is 5.91. The van der Waals surface area contributed by atoms with Crippen LogP contribution >= 0.6 is 11.6 Å². The van der Waals surface area contributed by atoms with Gasteiger partial charge in [-0.25, -0.2) is 0 Å². The molecule has 8 nitrogen and oxygen atoms in total. The third-order valence-electron chi connectivity index (χ3n) is 4.94. The number of nitro groups is 1. The van der Waals surface area contributed by atoms with Gasteiger partial charge in [0.1, 0.15) is 17.5 Å². The molecule has 0 spiro atoms. The molecule has 1 N–H and O–H groups in total. The molecule has 1 aromatic heterocycles. The van der Waals surface area contributed by atoms with Crippen molar-refractivity contribution in [1.29, 1.82) is 0 Å². The maximum Gasteiger partial charge on any atom is 0.275 e. The molecule has 0 bridgehead atoms. The zero-order valence-corrected chi connectivity index (χ0v) is 18.4. The molecule has 2 aromatic carbocycles. The van der Waals surface area contributed by atoms with Crippen LogP contribution in [-0.4, -0.2) is 20.6 Å². The van der Waals surface area contributed by atoms with Crippen molar-refractivity contribution in [1.82, 2.24) is 9.78 Å². The van der Waals surface area contributed by atoms with Gasteiger partial charge in [-0.3, -0.25) is 19.6 Å². The Labute approximate surface area is 184 Å². The van der Waals surface area contributed by atoms with E-state index < -0.39 is 11.0 Å². The lowest BCUT2D eigenvalue weighted by atomic mass is 10.1. The van der Waals surface area contributed by atoms with E-state index in [0.717, 1.165) is 16.7 Å². The molecule has 1 amide bonds. The van der Waals surface area contributed by atoms with E-state index in [1.165, 1.54) is 23.0 Å². The standard InChI is InChI=1S/C22H23ClN4O4/c1-5-20(26-12-16(23)11-24-26)22(28)25-17-8-18(27(29)30)10-19(9-17)31-21-7-13(2)6-14(3)15(21)4/h6-12,20H,5H2,1-4H3,(H,25,28)/t20-/m1/s1. The summed E-state index contributed by atoms with van der Waals surface area (Å²) in [5.74, 6) is 0.497. The molecule has 1 heterocycles. The van der Waals surface area contributed by atoms with Crippen LogP contribution < -0.4 is 10.1 Å². The fourth-order valence-corrected chi connectivity index (χ4v) is 3.40. The van der Waals surface area contributed by atoms with Crippen LogP contribution in [0.4, 0.5) is 11.4 Å². The van der Waals surface area contributed by atoms with E-state index in [-0.39, 0.29) is 23.0 Å². The number of non-ortho nitro benzene ring substituents is 1. The fourth-order valence-electron chi connectivity index (χ4n) is 3.26. The van der Waals surface area contributed by atoms with Crippen LogP contribution in [0, 0.1) is 30.9 Å². The van der Waals surface area contributed by atoms with Gasteiger partial charge in [-0.05, 0) is 49.9 Å². The van der Waals surface area contributed by atoms with Crippen molar-refractivity contribution in [2.75, 3.05) is 5.32 Å². The number of anilines is 1. The van der Waals surface area contributed by atoms with Crippen LogP contribution in [0.2, 0.25) is 5.02 Å². The molecule has 3 rings (SSSR count). The van der Waals surface area contributed by atoms with Gasteiger partial charge in [0.05, 0.1) is 27.9 Å². The molecule has 0 unspecified atom stereocenters. The first-order valence-electron chi connectivity index (χ1n) is 9.73. The smallest absolute Gasteiger partial charge is 0.275 e. The van der Waals surface area contributed by atoms with Crippen LogP contribution in [0.15, 0.2) is 42.7 Å². The number of halogens is 1. The molecular formula is C22H23ClN4O4. The number of hydrogen-bond acceptors (Lipinski definition) is 5. The molecule has 9 heteroatoms. The average Bonchev–Trinajstić information content (AvgIpc) is 3.12. The van der Waals surface area contributed by atoms with E-state index in [1.807, 2.05) is 39.8 Å². The molecule has 0 aliphatic carbocycles. The summed E-state index contributed by atoms with van der Waals surface area (Å²) in [5, 5.41) is 18.7. The first kappa shape index (κ1) is 22.3. The van der Waals surface area contributed by atoms with Crippen molar-refractivity contribution >= 4 is 28.9 Å². The highest BCUT2D eigenvalue weighted by Crippen LogP contribution is 2.33. The van der Waals surface area contributed by atoms with E-state index in [0.29, 0.717) is 17.2 Å². The Morgan fingerprint density at radius 3 is 2.61 bits per heavy atom. The third kappa shape index (κ3) is 5.21. The van der Waals surface area contributed by atoms with Gasteiger partial charge in [0.25, 0.3) is 5.69 Å². The summed E-state index contributed by atoms with van der Waals surface area (Å²) in [7, 11) is 0. The van der Waals surface area contributed by atoms with Crippen molar-refractivity contribution in [2.24, 2.45) is 0 Å². The molecule has 162 valence electrons. The lowest BCUT2D eigenvalue weighted by Gasteiger charge is -2.16. The zero-order valence-electron chi connectivity index (χ0n) is 17.7. The normalized spacial score (nSPS) is 11.8. The van der Waals surface area contributed by atoms with Crippen molar-refractivity contribution < 1.29 is 14.5 Å². The Hall–Kier alpha value is -3.39. The molecule has 0 radical (unpaired) electrons. The Morgan fingerprint density at radius 1 is 1.26 bits per heavy atom. The summed E-state index contributed by atoms with van der Waals surface area (Å²) < 4.78 is 7.43. The number of carbonyl (C=O) groups excluding carboxylic acids is 1. The van der Waals surface area contributed by atoms with Crippen LogP contribution in [0.5, 0.6) is 11.5 Å². The highest BCUT2D eigenvalue weighted by atomic mass is 35.5. The second kappa shape index (κ2) is 9.18. The summed E-state index contributed by atoms with van der Waals surface area (Å²) in [6.07, 6.45) is 3.47.